The average molecular weight is 355 g/mol. The lowest BCUT2D eigenvalue weighted by Crippen LogP contribution is -2.28. The number of ether oxygens (including phenoxy) is 1. The zero-order valence-electron chi connectivity index (χ0n) is 13.4. The molecule has 0 saturated heterocycles. The number of aromatic nitrogens is 2. The van der Waals surface area contributed by atoms with Crippen molar-refractivity contribution < 1.29 is 9.53 Å². The number of aromatic amines is 1. The molecule has 0 aliphatic carbocycles. The van der Waals surface area contributed by atoms with Gasteiger partial charge in [-0.3, -0.25) is 5.10 Å². The molecule has 3 rings (SSSR count). The van der Waals surface area contributed by atoms with Crippen LogP contribution in [0.5, 0.6) is 0 Å². The fourth-order valence-corrected chi connectivity index (χ4v) is 3.08. The molecule has 0 saturated carbocycles. The highest BCUT2D eigenvalue weighted by atomic mass is 35.5. The van der Waals surface area contributed by atoms with E-state index in [2.05, 4.69) is 20.0 Å². The van der Waals surface area contributed by atoms with E-state index >= 15 is 0 Å². The highest BCUT2D eigenvalue weighted by Gasteiger charge is 2.40. The number of rotatable bonds is 4. The molecule has 1 aliphatic heterocycles. The number of esters is 1. The van der Waals surface area contributed by atoms with Crippen LogP contribution in [0.1, 0.15) is 24.0 Å². The summed E-state index contributed by atoms with van der Waals surface area (Å²) in [6.45, 7) is 9.68. The van der Waals surface area contributed by atoms with E-state index in [4.69, 9.17) is 22.9 Å². The second kappa shape index (κ2) is 7.32. The number of fused-ring (bicyclic) bond motifs is 1. The number of halogens is 1. The lowest BCUT2D eigenvalue weighted by atomic mass is 9.82. The van der Waals surface area contributed by atoms with Crippen LogP contribution in [0.3, 0.4) is 0 Å². The highest BCUT2D eigenvalue weighted by molar-refractivity contribution is 6.31. The van der Waals surface area contributed by atoms with Gasteiger partial charge in [-0.15, -0.1) is 0 Å². The van der Waals surface area contributed by atoms with Crippen molar-refractivity contribution in [1.82, 2.24) is 10.2 Å². The van der Waals surface area contributed by atoms with Crippen LogP contribution in [0.4, 0.5) is 5.82 Å². The number of benzene rings is 1. The van der Waals surface area contributed by atoms with Crippen molar-refractivity contribution in [3.63, 3.8) is 0 Å². The number of H-pyrrole nitrogens is 1. The van der Waals surface area contributed by atoms with E-state index in [1.54, 1.807) is 19.2 Å². The zero-order chi connectivity index (χ0) is 17.8. The summed E-state index contributed by atoms with van der Waals surface area (Å²) in [5.74, 6) is -0.230. The molecule has 0 fully saturated rings. The SMILES string of the molecule is [C-]#[N+]C1C(C=CC(=O)OCC)=Nc2[nH]ncc2C1c1ccccc1Cl. The highest BCUT2D eigenvalue weighted by Crippen LogP contribution is 2.41. The molecule has 2 aromatic rings. The van der Waals surface area contributed by atoms with Crippen LogP contribution < -0.4 is 0 Å². The van der Waals surface area contributed by atoms with Gasteiger partial charge in [-0.2, -0.15) is 5.10 Å². The Morgan fingerprint density at radius 3 is 2.96 bits per heavy atom. The Labute approximate surface area is 150 Å². The Morgan fingerprint density at radius 1 is 1.44 bits per heavy atom. The zero-order valence-corrected chi connectivity index (χ0v) is 14.2. The fraction of sp³-hybridized carbons (Fsp3) is 0.222. The van der Waals surface area contributed by atoms with Crippen LogP contribution >= 0.6 is 11.6 Å². The normalized spacial score (nSPS) is 19.2. The molecule has 25 heavy (non-hydrogen) atoms. The first-order chi connectivity index (χ1) is 12.2. The fourth-order valence-electron chi connectivity index (χ4n) is 2.83. The number of nitrogens with one attached hydrogen (secondary N) is 1. The molecule has 1 N–H and O–H groups in total. The minimum Gasteiger partial charge on any atom is -0.463 e. The lowest BCUT2D eigenvalue weighted by Gasteiger charge is -2.23. The maximum absolute atomic E-state index is 11.6. The van der Waals surface area contributed by atoms with E-state index in [0.717, 1.165) is 11.1 Å². The van der Waals surface area contributed by atoms with Gasteiger partial charge in [-0.25, -0.2) is 16.4 Å². The second-order valence-corrected chi connectivity index (χ2v) is 5.78. The van der Waals surface area contributed by atoms with Crippen molar-refractivity contribution in [2.24, 2.45) is 4.99 Å². The van der Waals surface area contributed by atoms with E-state index in [0.29, 0.717) is 16.6 Å². The van der Waals surface area contributed by atoms with Crippen LogP contribution in [0.15, 0.2) is 47.6 Å². The van der Waals surface area contributed by atoms with Gasteiger partial charge in [0.25, 0.3) is 6.04 Å². The van der Waals surface area contributed by atoms with Gasteiger partial charge in [0, 0.05) is 16.7 Å². The third-order valence-electron chi connectivity index (χ3n) is 3.90. The van der Waals surface area contributed by atoms with Crippen LogP contribution in [-0.2, 0) is 9.53 Å². The molecule has 0 bridgehead atoms. The molecule has 126 valence electrons. The average Bonchev–Trinajstić information content (AvgIpc) is 3.07. The van der Waals surface area contributed by atoms with Crippen LogP contribution in [0.25, 0.3) is 4.85 Å². The predicted octanol–water partition coefficient (Wildman–Crippen LogP) is 3.69. The summed E-state index contributed by atoms with van der Waals surface area (Å²) in [5.41, 5.74) is 2.09. The Hall–Kier alpha value is -2.91. The predicted molar refractivity (Wildman–Crippen MR) is 95.1 cm³/mol. The summed E-state index contributed by atoms with van der Waals surface area (Å²) >= 11 is 6.36. The third kappa shape index (κ3) is 3.32. The van der Waals surface area contributed by atoms with Gasteiger partial charge in [-0.1, -0.05) is 29.8 Å². The van der Waals surface area contributed by atoms with E-state index in [9.17, 15) is 4.79 Å². The minimum absolute atomic E-state index is 0.287. The summed E-state index contributed by atoms with van der Waals surface area (Å²) in [7, 11) is 0. The first-order valence-corrected chi connectivity index (χ1v) is 8.11. The summed E-state index contributed by atoms with van der Waals surface area (Å²) in [6.07, 6.45) is 4.47. The molecule has 0 amide bonds. The summed E-state index contributed by atoms with van der Waals surface area (Å²) in [6, 6.07) is 6.78. The van der Waals surface area contributed by atoms with Gasteiger partial charge in [0.2, 0.25) is 0 Å². The first-order valence-electron chi connectivity index (χ1n) is 7.73. The summed E-state index contributed by atoms with van der Waals surface area (Å²) in [5, 5.41) is 7.45. The molecular formula is C18H15ClN4O2. The lowest BCUT2D eigenvalue weighted by molar-refractivity contribution is -0.137. The van der Waals surface area contributed by atoms with Gasteiger partial charge in [0.05, 0.1) is 18.7 Å². The van der Waals surface area contributed by atoms with Gasteiger partial charge in [-0.05, 0) is 24.6 Å². The number of carbonyl (C=O) groups excluding carboxylic acids is 1. The van der Waals surface area contributed by atoms with Crippen molar-refractivity contribution in [2.45, 2.75) is 18.9 Å². The molecule has 0 spiro atoms. The van der Waals surface area contributed by atoms with E-state index in [1.807, 2.05) is 18.2 Å². The first kappa shape index (κ1) is 16.9. The van der Waals surface area contributed by atoms with Crippen molar-refractivity contribution in [2.75, 3.05) is 6.61 Å². The van der Waals surface area contributed by atoms with Crippen LogP contribution in [0, 0.1) is 6.57 Å². The Bertz CT molecular complexity index is 894. The topological polar surface area (TPSA) is 71.7 Å². The maximum atomic E-state index is 11.6. The maximum Gasteiger partial charge on any atom is 0.330 e. The van der Waals surface area contributed by atoms with Crippen LogP contribution in [-0.4, -0.2) is 34.5 Å². The summed E-state index contributed by atoms with van der Waals surface area (Å²) in [4.78, 5) is 19.8. The van der Waals surface area contributed by atoms with E-state index < -0.39 is 12.0 Å². The Kier molecular flexibility index (Phi) is 4.96. The Balaban J connectivity index is 2.06. The number of hydrogen-bond acceptors (Lipinski definition) is 4. The molecule has 2 unspecified atom stereocenters. The minimum atomic E-state index is -0.615. The standard InChI is InChI=1S/C18H15ClN4O2/c1-3-25-15(24)9-8-14-17(20-2)16(11-6-4-5-7-13(11)19)12-10-21-23-18(12)22-14/h4-10,16-17H,3H2,1H3,(H,21,23). The molecule has 1 aliphatic rings. The monoisotopic (exact) mass is 354 g/mol. The van der Waals surface area contributed by atoms with Crippen molar-refractivity contribution in [3.05, 3.63) is 70.2 Å². The number of hydrogen-bond donors (Lipinski definition) is 1. The molecule has 2 heterocycles. The van der Waals surface area contributed by atoms with E-state index in [-0.39, 0.29) is 12.5 Å². The van der Waals surface area contributed by atoms with Gasteiger partial charge in [0.15, 0.2) is 5.82 Å². The molecule has 1 aromatic heterocycles. The van der Waals surface area contributed by atoms with Crippen LogP contribution in [0.2, 0.25) is 5.02 Å². The number of nitrogens with zero attached hydrogens (tertiary/aromatic N) is 3. The largest absolute Gasteiger partial charge is 0.463 e. The third-order valence-corrected chi connectivity index (χ3v) is 4.24. The molecule has 2 atom stereocenters. The van der Waals surface area contributed by atoms with Gasteiger partial charge in [0.1, 0.15) is 5.71 Å². The Morgan fingerprint density at radius 2 is 2.24 bits per heavy atom. The molecule has 7 heteroatoms. The number of carbonyl (C=O) groups is 1. The summed E-state index contributed by atoms with van der Waals surface area (Å²) < 4.78 is 4.89. The van der Waals surface area contributed by atoms with Crippen molar-refractivity contribution in [1.29, 1.82) is 0 Å². The van der Waals surface area contributed by atoms with Gasteiger partial charge < -0.3 is 9.58 Å². The number of aliphatic imine (C=N–C) groups is 1. The van der Waals surface area contributed by atoms with Gasteiger partial charge >= 0.3 is 5.97 Å². The second-order valence-electron chi connectivity index (χ2n) is 5.37. The quantitative estimate of drug-likeness (QED) is 0.517. The molecular weight excluding hydrogens is 340 g/mol. The van der Waals surface area contributed by atoms with Crippen molar-refractivity contribution >= 4 is 29.1 Å². The van der Waals surface area contributed by atoms with E-state index in [1.165, 1.54) is 12.2 Å². The molecule has 6 nitrogen and oxygen atoms in total. The molecule has 1 aromatic carbocycles. The van der Waals surface area contributed by atoms with Crippen molar-refractivity contribution in [3.8, 4) is 0 Å². The smallest absolute Gasteiger partial charge is 0.330 e. The molecule has 0 radical (unpaired) electrons.